The molecule has 1 atom stereocenters. The molecule has 6 nitrogen and oxygen atoms in total. The predicted molar refractivity (Wildman–Crippen MR) is 120 cm³/mol. The summed E-state index contributed by atoms with van der Waals surface area (Å²) in [5.74, 6) is -0.801. The van der Waals surface area contributed by atoms with E-state index >= 15 is 0 Å². The van der Waals surface area contributed by atoms with Crippen molar-refractivity contribution in [1.82, 2.24) is 15.1 Å². The lowest BCUT2D eigenvalue weighted by atomic mass is 9.93. The minimum atomic E-state index is -0.873. The lowest BCUT2D eigenvalue weighted by Crippen LogP contribution is -2.51. The molecular weight excluding hydrogens is 390 g/mol. The number of likely N-dealkylation sites (N-methyl/N-ethyl adjacent to an activating group) is 1. The van der Waals surface area contributed by atoms with Crippen LogP contribution in [0, 0.1) is 0 Å². The molecule has 1 aliphatic carbocycles. The molecular formula is C25H29N3O3. The van der Waals surface area contributed by atoms with E-state index in [2.05, 4.69) is 63.7 Å². The summed E-state index contributed by atoms with van der Waals surface area (Å²) in [7, 11) is 1.69. The summed E-state index contributed by atoms with van der Waals surface area (Å²) < 4.78 is 13.3. The Morgan fingerprint density at radius 3 is 2.16 bits per heavy atom. The van der Waals surface area contributed by atoms with Gasteiger partial charge in [0.2, 0.25) is 11.7 Å². The second-order valence-corrected chi connectivity index (χ2v) is 8.43. The molecule has 1 amide bonds. The number of benzene rings is 2. The third-order valence-electron chi connectivity index (χ3n) is 6.45. The Bertz CT molecular complexity index is 932. The van der Waals surface area contributed by atoms with Crippen LogP contribution in [0.1, 0.15) is 22.3 Å². The van der Waals surface area contributed by atoms with Gasteiger partial charge in [-0.2, -0.15) is 0 Å². The number of piperazine rings is 1. The van der Waals surface area contributed by atoms with Crippen molar-refractivity contribution in [2.75, 3.05) is 52.9 Å². The molecule has 1 N–H and O–H groups in total. The normalized spacial score (nSPS) is 22.7. The van der Waals surface area contributed by atoms with Crippen molar-refractivity contribution >= 4 is 18.1 Å². The highest BCUT2D eigenvalue weighted by molar-refractivity contribution is 5.78. The molecule has 2 heterocycles. The molecule has 5 rings (SSSR count). The van der Waals surface area contributed by atoms with E-state index in [-0.39, 0.29) is 12.0 Å². The molecule has 2 saturated heterocycles. The van der Waals surface area contributed by atoms with E-state index in [1.807, 2.05) is 12.1 Å². The van der Waals surface area contributed by atoms with Crippen LogP contribution in [0.15, 0.2) is 48.5 Å². The van der Waals surface area contributed by atoms with Crippen molar-refractivity contribution in [3.63, 3.8) is 0 Å². The van der Waals surface area contributed by atoms with Gasteiger partial charge in [0.05, 0.1) is 19.3 Å². The van der Waals surface area contributed by atoms with Crippen LogP contribution >= 0.6 is 0 Å². The van der Waals surface area contributed by atoms with Gasteiger partial charge in [-0.1, -0.05) is 60.7 Å². The number of amides is 1. The first kappa shape index (κ1) is 20.4. The van der Waals surface area contributed by atoms with Gasteiger partial charge >= 0.3 is 0 Å². The molecule has 31 heavy (non-hydrogen) atoms. The topological polar surface area (TPSA) is 54.0 Å². The number of fused-ring (bicyclic) bond motifs is 4. The smallest absolute Gasteiger partial charge is 0.233 e. The Kier molecular flexibility index (Phi) is 5.63. The summed E-state index contributed by atoms with van der Waals surface area (Å²) in [6.45, 7) is 5.49. The van der Waals surface area contributed by atoms with Gasteiger partial charge in [0, 0.05) is 50.9 Å². The maximum absolute atomic E-state index is 11.6. The maximum atomic E-state index is 11.6. The number of ether oxygens (including phenoxy) is 2. The first-order valence-electron chi connectivity index (χ1n) is 11.0. The number of carbonyl (C=O) groups excluding carboxylic acids is 1. The van der Waals surface area contributed by atoms with E-state index in [1.54, 1.807) is 7.05 Å². The van der Waals surface area contributed by atoms with Crippen molar-refractivity contribution in [3.8, 4) is 0 Å². The number of carbonyl (C=O) groups is 1. The van der Waals surface area contributed by atoms with Crippen LogP contribution in [-0.2, 0) is 20.1 Å². The standard InChI is InChI=1S/C25H29N3O3/c1-26-24(29)17-28-14-12-27(13-15-28)16-21-18-30-25(31-21)22-8-4-2-6-19(22)10-11-20-7-3-5-9-23(20)25/h2-11,21H,12-18H2,1H3,(H,26,29). The largest absolute Gasteiger partial charge is 0.358 e. The Hall–Kier alpha value is -2.51. The third-order valence-corrected chi connectivity index (χ3v) is 6.45. The average molecular weight is 420 g/mol. The Labute approximate surface area is 183 Å². The zero-order chi connectivity index (χ0) is 21.3. The molecule has 1 spiro atoms. The van der Waals surface area contributed by atoms with Crippen LogP contribution in [-0.4, -0.2) is 74.7 Å². The maximum Gasteiger partial charge on any atom is 0.233 e. The lowest BCUT2D eigenvalue weighted by Gasteiger charge is -2.35. The van der Waals surface area contributed by atoms with Gasteiger partial charge in [-0.25, -0.2) is 0 Å². The molecule has 0 saturated carbocycles. The molecule has 0 bridgehead atoms. The highest BCUT2D eigenvalue weighted by atomic mass is 16.7. The zero-order valence-electron chi connectivity index (χ0n) is 17.9. The van der Waals surface area contributed by atoms with Crippen molar-refractivity contribution < 1.29 is 14.3 Å². The molecule has 2 aromatic carbocycles. The fraction of sp³-hybridized carbons (Fsp3) is 0.400. The quantitative estimate of drug-likeness (QED) is 0.823. The Morgan fingerprint density at radius 1 is 0.968 bits per heavy atom. The van der Waals surface area contributed by atoms with E-state index in [4.69, 9.17) is 9.47 Å². The van der Waals surface area contributed by atoms with Gasteiger partial charge in [0.1, 0.15) is 0 Å². The molecule has 2 aliphatic heterocycles. The van der Waals surface area contributed by atoms with Crippen LogP contribution in [0.3, 0.4) is 0 Å². The van der Waals surface area contributed by atoms with Gasteiger partial charge in [-0.15, -0.1) is 0 Å². The van der Waals surface area contributed by atoms with Crippen molar-refractivity contribution in [2.45, 2.75) is 11.9 Å². The first-order chi connectivity index (χ1) is 15.2. The molecule has 0 aromatic heterocycles. The summed E-state index contributed by atoms with van der Waals surface area (Å²) in [6, 6.07) is 16.7. The van der Waals surface area contributed by atoms with Gasteiger partial charge in [0.25, 0.3) is 0 Å². The van der Waals surface area contributed by atoms with Crippen molar-refractivity contribution in [3.05, 3.63) is 70.8 Å². The molecule has 0 radical (unpaired) electrons. The van der Waals surface area contributed by atoms with E-state index in [0.717, 1.165) is 55.0 Å². The summed E-state index contributed by atoms with van der Waals surface area (Å²) in [4.78, 5) is 16.3. The number of nitrogens with zero attached hydrogens (tertiary/aromatic N) is 2. The van der Waals surface area contributed by atoms with Crippen molar-refractivity contribution in [1.29, 1.82) is 0 Å². The SMILES string of the molecule is CNC(=O)CN1CCN(CC2COC3(O2)c2ccccc2C=Cc2ccccc23)CC1. The van der Waals surface area contributed by atoms with Crippen LogP contribution in [0.4, 0.5) is 0 Å². The highest BCUT2D eigenvalue weighted by Gasteiger charge is 2.47. The molecule has 6 heteroatoms. The van der Waals surface area contributed by atoms with E-state index in [9.17, 15) is 4.79 Å². The average Bonchev–Trinajstić information content (AvgIpc) is 3.18. The summed E-state index contributed by atoms with van der Waals surface area (Å²) in [5, 5.41) is 2.70. The highest BCUT2D eigenvalue weighted by Crippen LogP contribution is 2.45. The minimum Gasteiger partial charge on any atom is -0.358 e. The fourth-order valence-corrected chi connectivity index (χ4v) is 4.79. The summed E-state index contributed by atoms with van der Waals surface area (Å²) >= 11 is 0. The van der Waals surface area contributed by atoms with E-state index in [0.29, 0.717) is 13.2 Å². The zero-order valence-corrected chi connectivity index (χ0v) is 17.9. The molecule has 162 valence electrons. The van der Waals surface area contributed by atoms with Crippen LogP contribution in [0.25, 0.3) is 12.2 Å². The van der Waals surface area contributed by atoms with Gasteiger partial charge < -0.3 is 14.8 Å². The first-order valence-corrected chi connectivity index (χ1v) is 11.0. The van der Waals surface area contributed by atoms with E-state index < -0.39 is 5.79 Å². The monoisotopic (exact) mass is 419 g/mol. The summed E-state index contributed by atoms with van der Waals surface area (Å²) in [6.07, 6.45) is 4.29. The molecule has 3 aliphatic rings. The van der Waals surface area contributed by atoms with Gasteiger partial charge in [0.15, 0.2) is 0 Å². The number of nitrogens with one attached hydrogen (secondary N) is 1. The third kappa shape index (κ3) is 3.92. The molecule has 2 fully saturated rings. The number of hydrogen-bond acceptors (Lipinski definition) is 5. The summed E-state index contributed by atoms with van der Waals surface area (Å²) in [5.41, 5.74) is 4.38. The number of rotatable bonds is 4. The van der Waals surface area contributed by atoms with Gasteiger partial charge in [-0.3, -0.25) is 14.6 Å². The Morgan fingerprint density at radius 2 is 1.55 bits per heavy atom. The molecule has 2 aromatic rings. The minimum absolute atomic E-state index is 0.00953. The van der Waals surface area contributed by atoms with Crippen LogP contribution < -0.4 is 5.32 Å². The van der Waals surface area contributed by atoms with Crippen LogP contribution in [0.2, 0.25) is 0 Å². The second-order valence-electron chi connectivity index (χ2n) is 8.43. The van der Waals surface area contributed by atoms with Gasteiger partial charge in [-0.05, 0) is 11.1 Å². The molecule has 1 unspecified atom stereocenters. The van der Waals surface area contributed by atoms with Crippen LogP contribution in [0.5, 0.6) is 0 Å². The fourth-order valence-electron chi connectivity index (χ4n) is 4.79. The van der Waals surface area contributed by atoms with E-state index in [1.165, 1.54) is 0 Å². The predicted octanol–water partition coefficient (Wildman–Crippen LogP) is 2.15. The Balaban J connectivity index is 1.32. The lowest BCUT2D eigenvalue weighted by molar-refractivity contribution is -0.145. The van der Waals surface area contributed by atoms with Crippen molar-refractivity contribution in [2.24, 2.45) is 0 Å². The number of hydrogen-bond donors (Lipinski definition) is 1. The second kappa shape index (κ2) is 8.55.